The highest BCUT2D eigenvalue weighted by molar-refractivity contribution is 5.88. The summed E-state index contributed by atoms with van der Waals surface area (Å²) in [5, 5.41) is 2.68. The van der Waals surface area contributed by atoms with Crippen molar-refractivity contribution in [3.8, 4) is 11.5 Å². The molecule has 1 amide bonds. The molecule has 0 aliphatic rings. The molecule has 0 saturated carbocycles. The van der Waals surface area contributed by atoms with Crippen LogP contribution in [0.4, 0.5) is 0 Å². The number of hydrogen-bond donors (Lipinski definition) is 1. The van der Waals surface area contributed by atoms with Crippen LogP contribution < -0.4 is 14.8 Å². The molecule has 0 aliphatic heterocycles. The lowest BCUT2D eigenvalue weighted by atomic mass is 10.0. The van der Waals surface area contributed by atoms with E-state index in [9.17, 15) is 9.59 Å². The molecule has 1 N–H and O–H groups in total. The van der Waals surface area contributed by atoms with Gasteiger partial charge in [-0.15, -0.1) is 0 Å². The van der Waals surface area contributed by atoms with Gasteiger partial charge in [0.05, 0.1) is 12.6 Å². The first kappa shape index (κ1) is 17.0. The van der Waals surface area contributed by atoms with Gasteiger partial charge in [0.2, 0.25) is 0 Å². The molecule has 1 aromatic carbocycles. The molecule has 5 heteroatoms. The number of amides is 1. The third-order valence-corrected chi connectivity index (χ3v) is 2.91. The van der Waals surface area contributed by atoms with E-state index >= 15 is 0 Å². The summed E-state index contributed by atoms with van der Waals surface area (Å²) in [7, 11) is 0. The zero-order valence-corrected chi connectivity index (χ0v) is 13.0. The molecule has 21 heavy (non-hydrogen) atoms. The van der Waals surface area contributed by atoms with E-state index in [1.165, 1.54) is 6.92 Å². The summed E-state index contributed by atoms with van der Waals surface area (Å²) in [5.74, 6) is 0.925. The Morgan fingerprint density at radius 1 is 1.19 bits per heavy atom. The van der Waals surface area contributed by atoms with Crippen molar-refractivity contribution in [2.24, 2.45) is 5.92 Å². The zero-order chi connectivity index (χ0) is 15.8. The number of rotatable bonds is 8. The summed E-state index contributed by atoms with van der Waals surface area (Å²) in [4.78, 5) is 23.3. The number of carbonyl (C=O) groups excluding carboxylic acids is 2. The lowest BCUT2D eigenvalue weighted by Crippen LogP contribution is -2.45. The monoisotopic (exact) mass is 293 g/mol. The van der Waals surface area contributed by atoms with Gasteiger partial charge >= 0.3 is 0 Å². The Morgan fingerprint density at radius 3 is 2.33 bits per heavy atom. The van der Waals surface area contributed by atoms with Crippen molar-refractivity contribution in [3.63, 3.8) is 0 Å². The summed E-state index contributed by atoms with van der Waals surface area (Å²) >= 11 is 0. The molecule has 0 fully saturated rings. The van der Waals surface area contributed by atoms with Gasteiger partial charge < -0.3 is 14.8 Å². The van der Waals surface area contributed by atoms with Crippen molar-refractivity contribution in [1.82, 2.24) is 5.32 Å². The predicted octanol–water partition coefficient (Wildman–Crippen LogP) is 2.19. The highest BCUT2D eigenvalue weighted by Gasteiger charge is 2.20. The molecule has 0 bridgehead atoms. The molecule has 1 rings (SSSR count). The van der Waals surface area contributed by atoms with Crippen molar-refractivity contribution in [1.29, 1.82) is 0 Å². The lowest BCUT2D eigenvalue weighted by Gasteiger charge is -2.19. The Kier molecular flexibility index (Phi) is 6.72. The first-order valence-electron chi connectivity index (χ1n) is 7.09. The van der Waals surface area contributed by atoms with Gasteiger partial charge in [-0.05, 0) is 31.9 Å². The summed E-state index contributed by atoms with van der Waals surface area (Å²) in [6.45, 7) is 7.58. The largest absolute Gasteiger partial charge is 0.494 e. The first-order valence-corrected chi connectivity index (χ1v) is 7.09. The van der Waals surface area contributed by atoms with Gasteiger partial charge in [-0.25, -0.2) is 0 Å². The van der Waals surface area contributed by atoms with Crippen LogP contribution in [0.1, 0.15) is 27.7 Å². The van der Waals surface area contributed by atoms with Gasteiger partial charge in [0.25, 0.3) is 5.91 Å². The average Bonchev–Trinajstić information content (AvgIpc) is 2.42. The van der Waals surface area contributed by atoms with Gasteiger partial charge in [-0.1, -0.05) is 19.9 Å². The standard InChI is InChI=1S/C16H23NO4/c1-5-20-13-7-6-8-14(9-13)21-10-15(19)17-16(11(2)3)12(4)18/h6-9,11,16H,5,10H2,1-4H3,(H,17,19). The first-order chi connectivity index (χ1) is 9.93. The number of carbonyl (C=O) groups is 2. The Morgan fingerprint density at radius 2 is 1.81 bits per heavy atom. The van der Waals surface area contributed by atoms with E-state index < -0.39 is 6.04 Å². The minimum Gasteiger partial charge on any atom is -0.494 e. The second-order valence-corrected chi connectivity index (χ2v) is 5.10. The highest BCUT2D eigenvalue weighted by atomic mass is 16.5. The number of nitrogens with one attached hydrogen (secondary N) is 1. The van der Waals surface area contributed by atoms with Gasteiger partial charge in [-0.3, -0.25) is 9.59 Å². The topological polar surface area (TPSA) is 64.6 Å². The minimum absolute atomic E-state index is 0.0488. The van der Waals surface area contributed by atoms with E-state index in [-0.39, 0.29) is 24.2 Å². The fraction of sp³-hybridized carbons (Fsp3) is 0.500. The Hall–Kier alpha value is -2.04. The molecule has 1 aromatic rings. The summed E-state index contributed by atoms with van der Waals surface area (Å²) in [5.41, 5.74) is 0. The fourth-order valence-electron chi connectivity index (χ4n) is 1.92. The average molecular weight is 293 g/mol. The Balaban J connectivity index is 2.52. The van der Waals surface area contributed by atoms with Crippen LogP contribution in [0.3, 0.4) is 0 Å². The molecular formula is C16H23NO4. The van der Waals surface area contributed by atoms with E-state index in [0.29, 0.717) is 18.1 Å². The molecule has 116 valence electrons. The Bertz CT molecular complexity index is 485. The summed E-state index contributed by atoms with van der Waals surface area (Å²) < 4.78 is 10.8. The van der Waals surface area contributed by atoms with Gasteiger partial charge in [0, 0.05) is 6.07 Å². The van der Waals surface area contributed by atoms with Crippen LogP contribution >= 0.6 is 0 Å². The van der Waals surface area contributed by atoms with Crippen molar-refractivity contribution in [2.45, 2.75) is 33.7 Å². The van der Waals surface area contributed by atoms with Crippen LogP contribution in [0.5, 0.6) is 11.5 Å². The molecule has 0 aliphatic carbocycles. The summed E-state index contributed by atoms with van der Waals surface area (Å²) in [6, 6.07) is 6.62. The molecule has 1 unspecified atom stereocenters. The molecule has 1 atom stereocenters. The van der Waals surface area contributed by atoms with E-state index in [2.05, 4.69) is 5.32 Å². The van der Waals surface area contributed by atoms with Gasteiger partial charge in [-0.2, -0.15) is 0 Å². The SMILES string of the molecule is CCOc1cccc(OCC(=O)NC(C(C)=O)C(C)C)c1. The van der Waals surface area contributed by atoms with Crippen LogP contribution in [-0.4, -0.2) is 30.9 Å². The molecule has 0 saturated heterocycles. The van der Waals surface area contributed by atoms with Crippen molar-refractivity contribution in [2.75, 3.05) is 13.2 Å². The number of ether oxygens (including phenoxy) is 2. The fourth-order valence-corrected chi connectivity index (χ4v) is 1.92. The molecule has 0 aromatic heterocycles. The van der Waals surface area contributed by atoms with Gasteiger partial charge in [0.1, 0.15) is 11.5 Å². The molecule has 0 radical (unpaired) electrons. The van der Waals surface area contributed by atoms with Crippen LogP contribution in [0.2, 0.25) is 0 Å². The summed E-state index contributed by atoms with van der Waals surface area (Å²) in [6.07, 6.45) is 0. The highest BCUT2D eigenvalue weighted by Crippen LogP contribution is 2.19. The van der Waals surface area contributed by atoms with Crippen LogP contribution in [-0.2, 0) is 9.59 Å². The van der Waals surface area contributed by atoms with Crippen LogP contribution in [0.25, 0.3) is 0 Å². The molecular weight excluding hydrogens is 270 g/mol. The zero-order valence-electron chi connectivity index (χ0n) is 13.0. The molecule has 5 nitrogen and oxygen atoms in total. The molecule has 0 spiro atoms. The number of ketones is 1. The van der Waals surface area contributed by atoms with Gasteiger partial charge in [0.15, 0.2) is 12.4 Å². The number of Topliss-reactive ketones (excluding diaryl/α,β-unsaturated/α-hetero) is 1. The predicted molar refractivity (Wildman–Crippen MR) is 80.6 cm³/mol. The third kappa shape index (κ3) is 5.85. The Labute approximate surface area is 125 Å². The maximum absolute atomic E-state index is 11.8. The number of hydrogen-bond acceptors (Lipinski definition) is 4. The third-order valence-electron chi connectivity index (χ3n) is 2.91. The lowest BCUT2D eigenvalue weighted by molar-refractivity contribution is -0.129. The van der Waals surface area contributed by atoms with Crippen molar-refractivity contribution < 1.29 is 19.1 Å². The van der Waals surface area contributed by atoms with Crippen LogP contribution in [0.15, 0.2) is 24.3 Å². The van der Waals surface area contributed by atoms with E-state index in [4.69, 9.17) is 9.47 Å². The quantitative estimate of drug-likeness (QED) is 0.798. The van der Waals surface area contributed by atoms with E-state index in [1.54, 1.807) is 18.2 Å². The maximum atomic E-state index is 11.8. The second-order valence-electron chi connectivity index (χ2n) is 5.10. The smallest absolute Gasteiger partial charge is 0.258 e. The number of benzene rings is 1. The second kappa shape index (κ2) is 8.29. The maximum Gasteiger partial charge on any atom is 0.258 e. The van der Waals surface area contributed by atoms with Crippen molar-refractivity contribution >= 4 is 11.7 Å². The van der Waals surface area contributed by atoms with Crippen LogP contribution in [0, 0.1) is 5.92 Å². The van der Waals surface area contributed by atoms with E-state index in [0.717, 1.165) is 0 Å². The van der Waals surface area contributed by atoms with Crippen molar-refractivity contribution in [3.05, 3.63) is 24.3 Å². The minimum atomic E-state index is -0.476. The van der Waals surface area contributed by atoms with E-state index in [1.807, 2.05) is 26.8 Å². The molecule has 0 heterocycles. The normalized spacial score (nSPS) is 11.9.